The van der Waals surface area contributed by atoms with E-state index in [1.165, 1.54) is 18.4 Å². The highest BCUT2D eigenvalue weighted by Gasteiger charge is 2.20. The molecule has 1 aromatic rings. The number of aromatic nitrogens is 1. The van der Waals surface area contributed by atoms with Crippen molar-refractivity contribution in [1.82, 2.24) is 14.8 Å². The molecule has 0 bridgehead atoms. The number of aliphatic imine (C=N–C) groups is 1. The van der Waals surface area contributed by atoms with Gasteiger partial charge in [-0.25, -0.2) is 0 Å². The zero-order chi connectivity index (χ0) is 15.9. The van der Waals surface area contributed by atoms with Crippen molar-refractivity contribution >= 4 is 22.9 Å². The third kappa shape index (κ3) is 5.72. The Balaban J connectivity index is 0.00000208. The number of piperidine rings is 1. The largest absolute Gasteiger partial charge is 0.378 e. The number of hydrogen-bond donors (Lipinski definition) is 1. The van der Waals surface area contributed by atoms with E-state index in [2.05, 4.69) is 25.8 Å². The van der Waals surface area contributed by atoms with Crippen molar-refractivity contribution in [3.05, 3.63) is 30.1 Å². The van der Waals surface area contributed by atoms with E-state index in [-0.39, 0.29) is 17.0 Å². The summed E-state index contributed by atoms with van der Waals surface area (Å²) in [5, 5.41) is 0. The predicted octanol–water partition coefficient (Wildman–Crippen LogP) is 1.52. The Morgan fingerprint density at radius 1 is 1.33 bits per heavy atom. The predicted molar refractivity (Wildman–Crippen MR) is 101 cm³/mol. The molecule has 24 heavy (non-hydrogen) atoms. The highest BCUT2D eigenvalue weighted by Crippen LogP contribution is 2.18. The number of pyridine rings is 1. The smallest absolute Gasteiger partial charge is 0.191 e. The maximum Gasteiger partial charge on any atom is 0.191 e. The highest BCUT2D eigenvalue weighted by molar-refractivity contribution is 8.93. The van der Waals surface area contributed by atoms with Crippen LogP contribution >= 0.6 is 17.0 Å². The van der Waals surface area contributed by atoms with Crippen LogP contribution in [0.15, 0.2) is 29.5 Å². The minimum absolute atomic E-state index is 0. The summed E-state index contributed by atoms with van der Waals surface area (Å²) in [6, 6.07) is 4.15. The second-order valence-corrected chi connectivity index (χ2v) is 6.40. The molecule has 0 amide bonds. The lowest BCUT2D eigenvalue weighted by atomic mass is 9.98. The molecule has 3 heterocycles. The van der Waals surface area contributed by atoms with Gasteiger partial charge < -0.3 is 15.4 Å². The van der Waals surface area contributed by atoms with Gasteiger partial charge in [0, 0.05) is 45.1 Å². The number of morpholine rings is 1. The molecule has 2 N–H and O–H groups in total. The van der Waals surface area contributed by atoms with E-state index in [1.54, 1.807) is 0 Å². The first-order valence-electron chi connectivity index (χ1n) is 8.55. The number of rotatable bonds is 4. The molecule has 1 unspecified atom stereocenters. The molecule has 1 aromatic heterocycles. The zero-order valence-corrected chi connectivity index (χ0v) is 15.9. The second-order valence-electron chi connectivity index (χ2n) is 6.40. The number of guanidine groups is 1. The summed E-state index contributed by atoms with van der Waals surface area (Å²) >= 11 is 0. The lowest BCUT2D eigenvalue weighted by Crippen LogP contribution is -2.45. The van der Waals surface area contributed by atoms with Crippen molar-refractivity contribution in [2.75, 3.05) is 45.9 Å². The minimum atomic E-state index is 0. The van der Waals surface area contributed by atoms with E-state index in [0.717, 1.165) is 52.5 Å². The molecule has 2 aliphatic rings. The van der Waals surface area contributed by atoms with E-state index in [4.69, 9.17) is 10.5 Å². The molecule has 0 spiro atoms. The van der Waals surface area contributed by atoms with Gasteiger partial charge in [-0.3, -0.25) is 14.9 Å². The van der Waals surface area contributed by atoms with Crippen molar-refractivity contribution in [1.29, 1.82) is 0 Å². The summed E-state index contributed by atoms with van der Waals surface area (Å²) in [4.78, 5) is 13.5. The summed E-state index contributed by atoms with van der Waals surface area (Å²) in [5.41, 5.74) is 7.40. The van der Waals surface area contributed by atoms with E-state index < -0.39 is 0 Å². The number of nitrogens with two attached hydrogens (primary N) is 1. The molecule has 2 aliphatic heterocycles. The van der Waals surface area contributed by atoms with Crippen LogP contribution in [-0.2, 0) is 11.3 Å². The van der Waals surface area contributed by atoms with Gasteiger partial charge in [-0.15, -0.1) is 17.0 Å². The molecule has 1 atom stereocenters. The maximum absolute atomic E-state index is 6.12. The third-order valence-electron chi connectivity index (χ3n) is 4.58. The molecule has 6 nitrogen and oxygen atoms in total. The fourth-order valence-corrected chi connectivity index (χ4v) is 3.31. The van der Waals surface area contributed by atoms with Crippen LogP contribution in [0, 0.1) is 5.92 Å². The van der Waals surface area contributed by atoms with Gasteiger partial charge in [0.2, 0.25) is 0 Å². The quantitative estimate of drug-likeness (QED) is 0.616. The lowest BCUT2D eigenvalue weighted by molar-refractivity contribution is 0.0673. The lowest BCUT2D eigenvalue weighted by Gasteiger charge is -2.32. The molecule has 0 aliphatic carbocycles. The number of ether oxygens (including phenoxy) is 1. The van der Waals surface area contributed by atoms with E-state index >= 15 is 0 Å². The Morgan fingerprint density at radius 3 is 2.92 bits per heavy atom. The second kappa shape index (κ2) is 9.96. The Labute approximate surface area is 154 Å². The van der Waals surface area contributed by atoms with Crippen molar-refractivity contribution in [3.63, 3.8) is 0 Å². The number of nitrogens with zero attached hydrogens (tertiary/aromatic N) is 4. The summed E-state index contributed by atoms with van der Waals surface area (Å²) in [5.74, 6) is 1.28. The molecule has 7 heteroatoms. The van der Waals surface area contributed by atoms with Crippen LogP contribution in [0.3, 0.4) is 0 Å². The topological polar surface area (TPSA) is 67.0 Å². The van der Waals surface area contributed by atoms with Gasteiger partial charge in [0.05, 0.1) is 13.2 Å². The molecule has 0 aromatic carbocycles. The van der Waals surface area contributed by atoms with Crippen molar-refractivity contribution in [2.45, 2.75) is 19.4 Å². The van der Waals surface area contributed by atoms with Gasteiger partial charge in [0.1, 0.15) is 0 Å². The molecule has 3 rings (SSSR count). The summed E-state index contributed by atoms with van der Waals surface area (Å²) in [6.45, 7) is 7.26. The normalized spacial score (nSPS) is 22.9. The SMILES string of the molecule is Br.NC(=NCC1CCCN(Cc2cccnc2)C1)N1CCOCC1. The van der Waals surface area contributed by atoms with Gasteiger partial charge in [0.15, 0.2) is 5.96 Å². The fourth-order valence-electron chi connectivity index (χ4n) is 3.31. The standard InChI is InChI=1S/C17H27N5O.BrH/c18-17(22-7-9-23-10-8-22)20-12-16-4-2-6-21(14-16)13-15-3-1-5-19-11-15;/h1,3,5,11,16H,2,4,6-10,12-14H2,(H2,18,20);1H. The number of likely N-dealkylation sites (tertiary alicyclic amines) is 1. The molecule has 134 valence electrons. The summed E-state index contributed by atoms with van der Waals surface area (Å²) < 4.78 is 5.35. The average Bonchev–Trinajstić information content (AvgIpc) is 2.62. The van der Waals surface area contributed by atoms with Gasteiger partial charge in [-0.1, -0.05) is 6.07 Å². The number of halogens is 1. The average molecular weight is 398 g/mol. The van der Waals surface area contributed by atoms with Crippen LogP contribution in [0.2, 0.25) is 0 Å². The summed E-state index contributed by atoms with van der Waals surface area (Å²) in [6.07, 6.45) is 6.26. The zero-order valence-electron chi connectivity index (χ0n) is 14.1. The van der Waals surface area contributed by atoms with Crippen LogP contribution in [-0.4, -0.2) is 66.7 Å². The van der Waals surface area contributed by atoms with Gasteiger partial charge in [0.25, 0.3) is 0 Å². The first-order valence-corrected chi connectivity index (χ1v) is 8.55. The van der Waals surface area contributed by atoms with Crippen molar-refractivity contribution in [3.8, 4) is 0 Å². The Hall–Kier alpha value is -1.18. The van der Waals surface area contributed by atoms with Crippen LogP contribution in [0.4, 0.5) is 0 Å². The molecule has 2 fully saturated rings. The Morgan fingerprint density at radius 2 is 2.17 bits per heavy atom. The fraction of sp³-hybridized carbons (Fsp3) is 0.647. The van der Waals surface area contributed by atoms with Gasteiger partial charge >= 0.3 is 0 Å². The molecular formula is C17H28BrN5O. The van der Waals surface area contributed by atoms with Crippen LogP contribution in [0.1, 0.15) is 18.4 Å². The number of hydrogen-bond acceptors (Lipinski definition) is 4. The monoisotopic (exact) mass is 397 g/mol. The van der Waals surface area contributed by atoms with Crippen LogP contribution in [0.25, 0.3) is 0 Å². The molecule has 2 saturated heterocycles. The van der Waals surface area contributed by atoms with E-state index in [9.17, 15) is 0 Å². The van der Waals surface area contributed by atoms with Crippen LogP contribution < -0.4 is 5.73 Å². The van der Waals surface area contributed by atoms with E-state index in [1.807, 2.05) is 18.5 Å². The van der Waals surface area contributed by atoms with Gasteiger partial charge in [-0.2, -0.15) is 0 Å². The Kier molecular flexibility index (Phi) is 7.94. The van der Waals surface area contributed by atoms with Crippen LogP contribution in [0.5, 0.6) is 0 Å². The minimum Gasteiger partial charge on any atom is -0.378 e. The molecule has 0 radical (unpaired) electrons. The maximum atomic E-state index is 6.12. The molecular weight excluding hydrogens is 370 g/mol. The highest BCUT2D eigenvalue weighted by atomic mass is 79.9. The third-order valence-corrected chi connectivity index (χ3v) is 4.58. The van der Waals surface area contributed by atoms with Crippen molar-refractivity contribution in [2.24, 2.45) is 16.6 Å². The first kappa shape index (κ1) is 19.1. The van der Waals surface area contributed by atoms with Gasteiger partial charge in [-0.05, 0) is 36.9 Å². The van der Waals surface area contributed by atoms with E-state index in [0.29, 0.717) is 11.9 Å². The first-order chi connectivity index (χ1) is 11.3. The van der Waals surface area contributed by atoms with Crippen molar-refractivity contribution < 1.29 is 4.74 Å². The Bertz CT molecular complexity index is 507. The molecule has 0 saturated carbocycles. The summed E-state index contributed by atoms with van der Waals surface area (Å²) in [7, 11) is 0.